The molecule has 0 aromatic heterocycles. The van der Waals surface area contributed by atoms with Crippen molar-refractivity contribution in [2.75, 3.05) is 26.4 Å². The average Bonchev–Trinajstić information content (AvgIpc) is 2.34. The van der Waals surface area contributed by atoms with Crippen molar-refractivity contribution in [3.63, 3.8) is 0 Å². The third kappa shape index (κ3) is 2.90. The number of hydrogen-bond donors (Lipinski definition) is 1. The molecular formula is C6H15ClN2O2S. The van der Waals surface area contributed by atoms with Gasteiger partial charge in [0.1, 0.15) is 0 Å². The normalized spacial score (nSPS) is 24.1. The minimum atomic E-state index is -2.99. The number of sulfonamides is 1. The minimum Gasteiger partial charge on any atom is -0.315 e. The van der Waals surface area contributed by atoms with Crippen LogP contribution in [0.4, 0.5) is 0 Å². The van der Waals surface area contributed by atoms with E-state index in [4.69, 9.17) is 0 Å². The predicted molar refractivity (Wildman–Crippen MR) is 51.1 cm³/mol. The summed E-state index contributed by atoms with van der Waals surface area (Å²) in [6, 6.07) is 0.157. The van der Waals surface area contributed by atoms with Gasteiger partial charge in [-0.05, 0) is 13.0 Å². The molecule has 1 atom stereocenters. The van der Waals surface area contributed by atoms with Crippen LogP contribution in [0.25, 0.3) is 0 Å². The van der Waals surface area contributed by atoms with Crippen molar-refractivity contribution in [2.45, 2.75) is 12.5 Å². The van der Waals surface area contributed by atoms with Crippen LogP contribution in [0.3, 0.4) is 0 Å². The van der Waals surface area contributed by atoms with Gasteiger partial charge in [-0.2, -0.15) is 0 Å². The van der Waals surface area contributed by atoms with Gasteiger partial charge in [0.2, 0.25) is 10.0 Å². The first-order valence-electron chi connectivity index (χ1n) is 3.65. The van der Waals surface area contributed by atoms with Gasteiger partial charge in [-0.15, -0.1) is 12.4 Å². The predicted octanol–water partition coefficient (Wildman–Crippen LogP) is -0.339. The summed E-state index contributed by atoms with van der Waals surface area (Å²) in [6.45, 7) is 1.70. The molecule has 0 unspecified atom stereocenters. The summed E-state index contributed by atoms with van der Waals surface area (Å²) >= 11 is 0. The first kappa shape index (κ1) is 12.2. The number of halogens is 1. The molecule has 1 heterocycles. The maximum absolute atomic E-state index is 11.0. The van der Waals surface area contributed by atoms with Gasteiger partial charge in [-0.3, -0.25) is 0 Å². The molecule has 6 heteroatoms. The van der Waals surface area contributed by atoms with E-state index in [1.165, 1.54) is 10.6 Å². The van der Waals surface area contributed by atoms with Crippen LogP contribution in [0.5, 0.6) is 0 Å². The Morgan fingerprint density at radius 1 is 1.50 bits per heavy atom. The highest BCUT2D eigenvalue weighted by Crippen LogP contribution is 2.08. The first-order chi connectivity index (χ1) is 5.02. The fourth-order valence-corrected chi connectivity index (χ4v) is 1.94. The lowest BCUT2D eigenvalue weighted by molar-refractivity contribution is 0.391. The molecule has 0 aromatic rings. The molecule has 12 heavy (non-hydrogen) atoms. The van der Waals surface area contributed by atoms with Gasteiger partial charge >= 0.3 is 0 Å². The Morgan fingerprint density at radius 3 is 2.42 bits per heavy atom. The Labute approximate surface area is 79.8 Å². The average molecular weight is 215 g/mol. The standard InChI is InChI=1S/C6H14N2O2S.ClH/c1-8(11(2,9)10)6-3-4-7-5-6;/h6-7H,3-5H2,1-2H3;1H/t6-;/m1./s1. The van der Waals surface area contributed by atoms with Crippen LogP contribution in [-0.4, -0.2) is 45.2 Å². The number of nitrogens with one attached hydrogen (secondary N) is 1. The second-order valence-corrected chi connectivity index (χ2v) is 4.97. The van der Waals surface area contributed by atoms with E-state index in [1.807, 2.05) is 0 Å². The van der Waals surface area contributed by atoms with Crippen molar-refractivity contribution < 1.29 is 8.42 Å². The molecule has 1 fully saturated rings. The molecule has 74 valence electrons. The zero-order chi connectivity index (χ0) is 8.48. The molecule has 1 aliphatic heterocycles. The SMILES string of the molecule is CN([C@@H]1CCNC1)S(C)(=O)=O.Cl. The van der Waals surface area contributed by atoms with Crippen LogP contribution in [0.1, 0.15) is 6.42 Å². The van der Waals surface area contributed by atoms with Crippen LogP contribution in [0.15, 0.2) is 0 Å². The topological polar surface area (TPSA) is 49.4 Å². The van der Waals surface area contributed by atoms with E-state index < -0.39 is 10.0 Å². The zero-order valence-corrected chi connectivity index (χ0v) is 8.91. The van der Waals surface area contributed by atoms with Crippen LogP contribution < -0.4 is 5.32 Å². The van der Waals surface area contributed by atoms with Gasteiger partial charge in [0.15, 0.2) is 0 Å². The van der Waals surface area contributed by atoms with Crippen molar-refractivity contribution in [3.05, 3.63) is 0 Å². The van der Waals surface area contributed by atoms with Crippen molar-refractivity contribution >= 4 is 22.4 Å². The Bertz CT molecular complexity index is 224. The smallest absolute Gasteiger partial charge is 0.211 e. The van der Waals surface area contributed by atoms with Crippen molar-refractivity contribution in [1.82, 2.24) is 9.62 Å². The molecule has 1 aliphatic rings. The van der Waals surface area contributed by atoms with Gasteiger partial charge in [-0.1, -0.05) is 0 Å². The Hall–Kier alpha value is 0.160. The quantitative estimate of drug-likeness (QED) is 0.685. The Morgan fingerprint density at radius 2 is 2.08 bits per heavy atom. The van der Waals surface area contributed by atoms with Crippen molar-refractivity contribution in [1.29, 1.82) is 0 Å². The molecule has 0 aliphatic carbocycles. The van der Waals surface area contributed by atoms with Crippen molar-refractivity contribution in [3.8, 4) is 0 Å². The number of likely N-dealkylation sites (N-methyl/N-ethyl adjacent to an activating group) is 1. The number of rotatable bonds is 2. The van der Waals surface area contributed by atoms with Gasteiger partial charge < -0.3 is 5.32 Å². The summed E-state index contributed by atoms with van der Waals surface area (Å²) in [5, 5.41) is 3.12. The fourth-order valence-electron chi connectivity index (χ4n) is 1.22. The molecule has 0 saturated carbocycles. The summed E-state index contributed by atoms with van der Waals surface area (Å²) in [7, 11) is -1.36. The summed E-state index contributed by atoms with van der Waals surface area (Å²) in [6.07, 6.45) is 2.16. The summed E-state index contributed by atoms with van der Waals surface area (Å²) in [5.41, 5.74) is 0. The first-order valence-corrected chi connectivity index (χ1v) is 5.50. The van der Waals surface area contributed by atoms with Crippen LogP contribution in [0, 0.1) is 0 Å². The lowest BCUT2D eigenvalue weighted by Crippen LogP contribution is -2.37. The van der Waals surface area contributed by atoms with Crippen LogP contribution >= 0.6 is 12.4 Å². The van der Waals surface area contributed by atoms with E-state index in [1.54, 1.807) is 7.05 Å². The van der Waals surface area contributed by atoms with E-state index in [0.717, 1.165) is 19.5 Å². The van der Waals surface area contributed by atoms with E-state index in [9.17, 15) is 8.42 Å². The van der Waals surface area contributed by atoms with E-state index >= 15 is 0 Å². The van der Waals surface area contributed by atoms with Gasteiger partial charge in [-0.25, -0.2) is 12.7 Å². The molecular weight excluding hydrogens is 200 g/mol. The molecule has 0 aromatic carbocycles. The van der Waals surface area contributed by atoms with Crippen LogP contribution in [0.2, 0.25) is 0 Å². The largest absolute Gasteiger partial charge is 0.315 e. The molecule has 0 spiro atoms. The highest BCUT2D eigenvalue weighted by atomic mass is 35.5. The molecule has 0 bridgehead atoms. The monoisotopic (exact) mass is 214 g/mol. The number of hydrogen-bond acceptors (Lipinski definition) is 3. The highest BCUT2D eigenvalue weighted by molar-refractivity contribution is 7.88. The van der Waals surface area contributed by atoms with Gasteiger partial charge in [0.25, 0.3) is 0 Å². The minimum absolute atomic E-state index is 0. The van der Waals surface area contributed by atoms with E-state index in [0.29, 0.717) is 0 Å². The lowest BCUT2D eigenvalue weighted by atomic mass is 10.3. The second-order valence-electron chi connectivity index (χ2n) is 2.93. The maximum Gasteiger partial charge on any atom is 0.211 e. The Kier molecular flexibility index (Phi) is 4.47. The number of nitrogens with zero attached hydrogens (tertiary/aromatic N) is 1. The summed E-state index contributed by atoms with van der Waals surface area (Å²) < 4.78 is 23.5. The van der Waals surface area contributed by atoms with E-state index in [2.05, 4.69) is 5.32 Å². The van der Waals surface area contributed by atoms with Gasteiger partial charge in [0, 0.05) is 19.6 Å². The Balaban J connectivity index is 0.00000121. The zero-order valence-electron chi connectivity index (χ0n) is 7.28. The van der Waals surface area contributed by atoms with Crippen LogP contribution in [-0.2, 0) is 10.0 Å². The fraction of sp³-hybridized carbons (Fsp3) is 1.00. The summed E-state index contributed by atoms with van der Waals surface area (Å²) in [5.74, 6) is 0. The maximum atomic E-state index is 11.0. The molecule has 0 amide bonds. The van der Waals surface area contributed by atoms with E-state index in [-0.39, 0.29) is 18.4 Å². The summed E-state index contributed by atoms with van der Waals surface area (Å²) in [4.78, 5) is 0. The molecule has 1 rings (SSSR count). The third-order valence-electron chi connectivity index (χ3n) is 2.07. The van der Waals surface area contributed by atoms with Gasteiger partial charge in [0.05, 0.1) is 6.26 Å². The lowest BCUT2D eigenvalue weighted by Gasteiger charge is -2.20. The molecule has 4 nitrogen and oxygen atoms in total. The highest BCUT2D eigenvalue weighted by Gasteiger charge is 2.24. The van der Waals surface area contributed by atoms with Crippen molar-refractivity contribution in [2.24, 2.45) is 0 Å². The molecule has 0 radical (unpaired) electrons. The second kappa shape index (κ2) is 4.41. The molecule has 1 saturated heterocycles. The molecule has 1 N–H and O–H groups in total. The third-order valence-corrected chi connectivity index (χ3v) is 3.42.